The van der Waals surface area contributed by atoms with Crippen molar-refractivity contribution in [1.29, 1.82) is 0 Å². The molecule has 1 amide bonds. The molecule has 8 nitrogen and oxygen atoms in total. The summed E-state index contributed by atoms with van der Waals surface area (Å²) >= 11 is 0. The number of nitrogens with zero attached hydrogens (tertiary/aromatic N) is 4. The van der Waals surface area contributed by atoms with E-state index in [1.54, 1.807) is 41.7 Å². The highest BCUT2D eigenvalue weighted by Gasteiger charge is 2.46. The Hall–Kier alpha value is -3.65. The molecule has 1 saturated heterocycles. The molecule has 0 bridgehead atoms. The number of imidazole rings is 1. The number of pyridine rings is 1. The average molecular weight is 477 g/mol. The number of aliphatic hydroxyl groups excluding tert-OH is 1. The molecule has 1 aliphatic heterocycles. The maximum atomic E-state index is 13.3. The number of fused-ring (bicyclic) bond motifs is 1. The second kappa shape index (κ2) is 10.3. The summed E-state index contributed by atoms with van der Waals surface area (Å²) in [6.45, 7) is 9.05. The average Bonchev–Trinajstić information content (AvgIpc) is 3.34. The number of ketones is 1. The molecule has 1 atom stereocenters. The first-order valence-corrected chi connectivity index (χ1v) is 12.0. The number of aryl methyl sites for hydroxylation is 1. The van der Waals surface area contributed by atoms with Crippen LogP contribution in [0.25, 0.3) is 11.4 Å². The molecule has 1 unspecified atom stereocenters. The molecule has 0 spiro atoms. The van der Waals surface area contributed by atoms with Gasteiger partial charge in [0.2, 0.25) is 0 Å². The van der Waals surface area contributed by atoms with Crippen molar-refractivity contribution in [3.05, 3.63) is 71.2 Å². The molecule has 3 aromatic rings. The molecule has 0 radical (unpaired) electrons. The molecule has 8 heteroatoms. The van der Waals surface area contributed by atoms with E-state index in [0.29, 0.717) is 29.3 Å². The molecule has 3 heterocycles. The topological polar surface area (TPSA) is 87.4 Å². The minimum absolute atomic E-state index is 0.0803. The quantitative estimate of drug-likeness (QED) is 0.287. The highest BCUT2D eigenvalue weighted by molar-refractivity contribution is 6.46. The number of likely N-dealkylation sites (tertiary alicyclic amines) is 1. The van der Waals surface area contributed by atoms with Gasteiger partial charge in [-0.15, -0.1) is 0 Å². The Morgan fingerprint density at radius 3 is 2.49 bits per heavy atom. The second-order valence-corrected chi connectivity index (χ2v) is 8.62. The highest BCUT2D eigenvalue weighted by atomic mass is 16.5. The standard InChI is InChI=1S/C27H32N4O4/c1-5-29(6-2)15-9-17-31-24(19-11-13-20(35-4)14-12-19)22(26(33)27(31)34)25(32)23-18(3)28-21-10-7-8-16-30(21)23/h7-8,10-14,16,24,32H,5-6,9,15,17H2,1-4H3/b25-22+. The number of amides is 1. The van der Waals surface area contributed by atoms with E-state index in [1.165, 1.54) is 0 Å². The minimum atomic E-state index is -0.703. The summed E-state index contributed by atoms with van der Waals surface area (Å²) in [5.41, 5.74) is 2.47. The van der Waals surface area contributed by atoms with Crippen molar-refractivity contribution in [2.45, 2.75) is 33.2 Å². The van der Waals surface area contributed by atoms with Gasteiger partial charge in [-0.05, 0) is 62.8 Å². The van der Waals surface area contributed by atoms with Gasteiger partial charge in [-0.3, -0.25) is 14.0 Å². The molecule has 0 saturated carbocycles. The third-order valence-corrected chi connectivity index (χ3v) is 6.67. The van der Waals surface area contributed by atoms with E-state index in [4.69, 9.17) is 4.74 Å². The molecule has 35 heavy (non-hydrogen) atoms. The van der Waals surface area contributed by atoms with Gasteiger partial charge in [0.15, 0.2) is 5.76 Å². The van der Waals surface area contributed by atoms with E-state index in [2.05, 4.69) is 23.7 Å². The van der Waals surface area contributed by atoms with Crippen LogP contribution in [0.3, 0.4) is 0 Å². The first kappa shape index (κ1) is 24.5. The van der Waals surface area contributed by atoms with Crippen LogP contribution in [0.4, 0.5) is 0 Å². The van der Waals surface area contributed by atoms with Crippen molar-refractivity contribution in [2.75, 3.05) is 33.3 Å². The van der Waals surface area contributed by atoms with Gasteiger partial charge in [-0.2, -0.15) is 0 Å². The van der Waals surface area contributed by atoms with Crippen LogP contribution in [0.5, 0.6) is 5.75 Å². The monoisotopic (exact) mass is 476 g/mol. The van der Waals surface area contributed by atoms with Crippen LogP contribution >= 0.6 is 0 Å². The normalized spacial score (nSPS) is 17.6. The van der Waals surface area contributed by atoms with Crippen LogP contribution in [0, 0.1) is 6.92 Å². The Bertz CT molecular complexity index is 1260. The summed E-state index contributed by atoms with van der Waals surface area (Å²) in [7, 11) is 1.59. The van der Waals surface area contributed by atoms with E-state index in [9.17, 15) is 14.7 Å². The van der Waals surface area contributed by atoms with E-state index >= 15 is 0 Å². The first-order chi connectivity index (χ1) is 16.9. The number of aliphatic hydroxyl groups is 1. The number of hydrogen-bond acceptors (Lipinski definition) is 6. The van der Waals surface area contributed by atoms with Crippen molar-refractivity contribution in [2.24, 2.45) is 0 Å². The number of carbonyl (C=O) groups excluding carboxylic acids is 2. The third-order valence-electron chi connectivity index (χ3n) is 6.67. The van der Waals surface area contributed by atoms with Crippen molar-refractivity contribution in [3.8, 4) is 5.75 Å². The predicted octanol–water partition coefficient (Wildman–Crippen LogP) is 3.80. The lowest BCUT2D eigenvalue weighted by Gasteiger charge is -2.27. The summed E-state index contributed by atoms with van der Waals surface area (Å²) < 4.78 is 7.03. The van der Waals surface area contributed by atoms with Crippen molar-refractivity contribution < 1.29 is 19.4 Å². The van der Waals surface area contributed by atoms with Gasteiger partial charge >= 0.3 is 0 Å². The Morgan fingerprint density at radius 2 is 1.83 bits per heavy atom. The minimum Gasteiger partial charge on any atom is -0.505 e. The molecule has 0 aliphatic carbocycles. The van der Waals surface area contributed by atoms with Gasteiger partial charge in [0.25, 0.3) is 11.7 Å². The lowest BCUT2D eigenvalue weighted by molar-refractivity contribution is -0.140. The van der Waals surface area contributed by atoms with Crippen molar-refractivity contribution >= 4 is 23.1 Å². The van der Waals surface area contributed by atoms with Gasteiger partial charge in [0, 0.05) is 12.7 Å². The van der Waals surface area contributed by atoms with Gasteiger partial charge in [-0.25, -0.2) is 4.98 Å². The zero-order valence-electron chi connectivity index (χ0n) is 20.7. The Labute approximate surface area is 205 Å². The first-order valence-electron chi connectivity index (χ1n) is 12.0. The number of carbonyl (C=O) groups is 2. The smallest absolute Gasteiger partial charge is 0.295 e. The maximum Gasteiger partial charge on any atom is 0.295 e. The van der Waals surface area contributed by atoms with Crippen LogP contribution in [0.15, 0.2) is 54.2 Å². The summed E-state index contributed by atoms with van der Waals surface area (Å²) in [5, 5.41) is 11.5. The number of methoxy groups -OCH3 is 1. The third kappa shape index (κ3) is 4.53. The maximum absolute atomic E-state index is 13.3. The summed E-state index contributed by atoms with van der Waals surface area (Å²) in [4.78, 5) is 34.9. The molecule has 1 aromatic carbocycles. The predicted molar refractivity (Wildman–Crippen MR) is 134 cm³/mol. The summed E-state index contributed by atoms with van der Waals surface area (Å²) in [6, 6.07) is 12.1. The number of benzene rings is 1. The van der Waals surface area contributed by atoms with Crippen LogP contribution in [0.1, 0.15) is 43.3 Å². The Kier molecular flexibility index (Phi) is 7.21. The van der Waals surface area contributed by atoms with Gasteiger partial charge in [-0.1, -0.05) is 32.0 Å². The molecular weight excluding hydrogens is 444 g/mol. The summed E-state index contributed by atoms with van der Waals surface area (Å²) in [5.74, 6) is -0.827. The largest absolute Gasteiger partial charge is 0.505 e. The van der Waals surface area contributed by atoms with Crippen LogP contribution in [0.2, 0.25) is 0 Å². The molecule has 1 aliphatic rings. The fourth-order valence-electron chi connectivity index (χ4n) is 4.77. The number of ether oxygens (including phenoxy) is 1. The highest BCUT2D eigenvalue weighted by Crippen LogP contribution is 2.40. The zero-order chi connectivity index (χ0) is 25.1. The lowest BCUT2D eigenvalue weighted by atomic mass is 9.96. The summed E-state index contributed by atoms with van der Waals surface area (Å²) in [6.07, 6.45) is 2.50. The fraction of sp³-hybridized carbons (Fsp3) is 0.370. The van der Waals surface area contributed by atoms with Crippen LogP contribution in [-0.2, 0) is 9.59 Å². The van der Waals surface area contributed by atoms with Gasteiger partial charge < -0.3 is 19.6 Å². The Morgan fingerprint density at radius 1 is 1.11 bits per heavy atom. The number of Topliss-reactive ketones (excluding diaryl/α,β-unsaturated/α-hetero) is 1. The van der Waals surface area contributed by atoms with Crippen molar-refractivity contribution in [3.63, 3.8) is 0 Å². The fourth-order valence-corrected chi connectivity index (χ4v) is 4.77. The molecule has 2 aromatic heterocycles. The van der Waals surface area contributed by atoms with Crippen molar-refractivity contribution in [1.82, 2.24) is 19.2 Å². The van der Waals surface area contributed by atoms with Gasteiger partial charge in [0.05, 0.1) is 24.4 Å². The molecule has 1 N–H and O–H groups in total. The molecule has 1 fully saturated rings. The van der Waals surface area contributed by atoms with E-state index in [0.717, 1.165) is 31.6 Å². The van der Waals surface area contributed by atoms with Crippen LogP contribution < -0.4 is 4.74 Å². The van der Waals surface area contributed by atoms with Crippen LogP contribution in [-0.4, -0.2) is 69.3 Å². The van der Waals surface area contributed by atoms with E-state index in [-0.39, 0.29) is 11.3 Å². The van der Waals surface area contributed by atoms with E-state index in [1.807, 2.05) is 30.3 Å². The zero-order valence-corrected chi connectivity index (χ0v) is 20.7. The second-order valence-electron chi connectivity index (χ2n) is 8.62. The molecule has 4 rings (SSSR count). The lowest BCUT2D eigenvalue weighted by Crippen LogP contribution is -2.33. The van der Waals surface area contributed by atoms with Gasteiger partial charge in [0.1, 0.15) is 17.1 Å². The SMILES string of the molecule is CCN(CC)CCCN1C(=O)C(=O)/C(=C(/O)c2c(C)nc3ccccn23)C1c1ccc(OC)cc1. The van der Waals surface area contributed by atoms with E-state index < -0.39 is 17.7 Å². The molecule has 184 valence electrons. The Balaban J connectivity index is 1.81. The number of hydrogen-bond donors (Lipinski definition) is 1. The molecular formula is C27H32N4O4. The number of rotatable bonds is 9. The number of aromatic nitrogens is 2.